The minimum atomic E-state index is 0.0764. The van der Waals surface area contributed by atoms with Crippen molar-refractivity contribution in [3.63, 3.8) is 0 Å². The van der Waals surface area contributed by atoms with E-state index < -0.39 is 0 Å². The van der Waals surface area contributed by atoms with Gasteiger partial charge in [-0.25, -0.2) is 0 Å². The van der Waals surface area contributed by atoms with E-state index in [0.29, 0.717) is 0 Å². The summed E-state index contributed by atoms with van der Waals surface area (Å²) in [6.45, 7) is 0.0764. The van der Waals surface area contributed by atoms with Crippen molar-refractivity contribution in [1.29, 1.82) is 0 Å². The number of furan rings is 1. The molecule has 270 valence electrons. The van der Waals surface area contributed by atoms with Crippen molar-refractivity contribution in [3.05, 3.63) is 212 Å². The normalized spacial score (nSPS) is 12.7. The lowest BCUT2D eigenvalue weighted by atomic mass is 9.33. The van der Waals surface area contributed by atoms with E-state index >= 15 is 0 Å². The Labute approximate surface area is 337 Å². The van der Waals surface area contributed by atoms with Gasteiger partial charge >= 0.3 is 0 Å². The zero-order chi connectivity index (χ0) is 38.2. The van der Waals surface area contributed by atoms with Gasteiger partial charge in [-0.1, -0.05) is 164 Å². The van der Waals surface area contributed by atoms with Gasteiger partial charge in [-0.05, 0) is 81.6 Å². The Morgan fingerprint density at radius 1 is 0.328 bits per heavy atom. The largest absolute Gasteiger partial charge is 0.455 e. The molecule has 0 radical (unpaired) electrons. The summed E-state index contributed by atoms with van der Waals surface area (Å²) in [4.78, 5) is 4.94. The monoisotopic (exact) mass is 738 g/mol. The molecule has 3 heterocycles. The summed E-state index contributed by atoms with van der Waals surface area (Å²) < 4.78 is 7.10. The third-order valence-electron chi connectivity index (χ3n) is 12.1. The van der Waals surface area contributed by atoms with Gasteiger partial charge in [0, 0.05) is 55.9 Å². The average molecular weight is 739 g/mol. The molecule has 10 aromatic rings. The van der Waals surface area contributed by atoms with E-state index in [1.54, 1.807) is 0 Å². The molecule has 1 aromatic heterocycles. The molecule has 2 aliphatic rings. The van der Waals surface area contributed by atoms with Crippen molar-refractivity contribution in [1.82, 2.24) is 0 Å². The molecule has 0 aliphatic carbocycles. The van der Waals surface area contributed by atoms with E-state index in [1.807, 2.05) is 0 Å². The van der Waals surface area contributed by atoms with Crippen LogP contribution in [0, 0.1) is 0 Å². The van der Waals surface area contributed by atoms with Gasteiger partial charge in [-0.2, -0.15) is 0 Å². The Hall–Kier alpha value is -7.56. The van der Waals surface area contributed by atoms with Crippen LogP contribution in [-0.4, -0.2) is 6.71 Å². The molecule has 58 heavy (non-hydrogen) atoms. The predicted octanol–water partition coefficient (Wildman–Crippen LogP) is 12.7. The van der Waals surface area contributed by atoms with Crippen molar-refractivity contribution < 1.29 is 4.42 Å². The lowest BCUT2D eigenvalue weighted by Crippen LogP contribution is -2.61. The van der Waals surface area contributed by atoms with Gasteiger partial charge < -0.3 is 14.2 Å². The second-order valence-electron chi connectivity index (χ2n) is 15.2. The molecule has 0 spiro atoms. The molecule has 0 bridgehead atoms. The molecule has 0 fully saturated rings. The molecule has 12 rings (SSSR count). The maximum atomic E-state index is 7.10. The van der Waals surface area contributed by atoms with Crippen molar-refractivity contribution in [2.24, 2.45) is 0 Å². The van der Waals surface area contributed by atoms with Crippen LogP contribution in [0.3, 0.4) is 0 Å². The van der Waals surface area contributed by atoms with Crippen molar-refractivity contribution in [3.8, 4) is 33.4 Å². The van der Waals surface area contributed by atoms with Gasteiger partial charge in [0.2, 0.25) is 0 Å². The first-order valence-corrected chi connectivity index (χ1v) is 20.0. The van der Waals surface area contributed by atoms with Crippen LogP contribution in [-0.2, 0) is 0 Å². The summed E-state index contributed by atoms with van der Waals surface area (Å²) >= 11 is 0. The molecule has 0 unspecified atom stereocenters. The quantitative estimate of drug-likeness (QED) is 0.164. The van der Waals surface area contributed by atoms with E-state index in [1.165, 1.54) is 39.1 Å². The minimum absolute atomic E-state index is 0.0764. The number of rotatable bonds is 5. The highest BCUT2D eigenvalue weighted by molar-refractivity contribution is 7.00. The number of fused-ring (bicyclic) bond motifs is 7. The van der Waals surface area contributed by atoms with Crippen LogP contribution in [0.5, 0.6) is 0 Å². The maximum Gasteiger partial charge on any atom is 0.252 e. The fraction of sp³-hybridized carbons (Fsp3) is 0. The van der Waals surface area contributed by atoms with Crippen molar-refractivity contribution >= 4 is 79.2 Å². The van der Waals surface area contributed by atoms with Crippen LogP contribution in [0.2, 0.25) is 0 Å². The highest BCUT2D eigenvalue weighted by atomic mass is 16.3. The van der Waals surface area contributed by atoms with Crippen LogP contribution in [0.25, 0.3) is 55.3 Å². The maximum absolute atomic E-state index is 7.10. The van der Waals surface area contributed by atoms with Gasteiger partial charge in [-0.15, -0.1) is 0 Å². The number of benzene rings is 9. The fourth-order valence-electron chi connectivity index (χ4n) is 9.67. The zero-order valence-electron chi connectivity index (χ0n) is 31.6. The summed E-state index contributed by atoms with van der Waals surface area (Å²) in [5.41, 5.74) is 19.4. The SMILES string of the molecule is c1ccc(-c2cccc3c2oc2c(-c4ccccc4)c(-c4ccccc4N4c5ccccc5B5c6ccccc6N(c6ccccc6)c6cccc4c65)ccc23)cc1. The van der Waals surface area contributed by atoms with Gasteiger partial charge in [0.25, 0.3) is 6.71 Å². The lowest BCUT2D eigenvalue weighted by molar-refractivity contribution is 0.671. The summed E-state index contributed by atoms with van der Waals surface area (Å²) in [6, 6.07) is 76.7. The zero-order valence-corrected chi connectivity index (χ0v) is 31.6. The Morgan fingerprint density at radius 3 is 1.57 bits per heavy atom. The molecule has 4 heteroatoms. The highest BCUT2D eigenvalue weighted by Gasteiger charge is 2.43. The first-order valence-electron chi connectivity index (χ1n) is 20.0. The smallest absolute Gasteiger partial charge is 0.252 e. The number of nitrogens with zero attached hydrogens (tertiary/aromatic N) is 2. The van der Waals surface area contributed by atoms with Crippen LogP contribution in [0.1, 0.15) is 0 Å². The lowest BCUT2D eigenvalue weighted by Gasteiger charge is -2.44. The summed E-state index contributed by atoms with van der Waals surface area (Å²) in [6.07, 6.45) is 0. The molecular formula is C54H35BN2O. The van der Waals surface area contributed by atoms with E-state index in [-0.39, 0.29) is 6.71 Å². The third-order valence-corrected chi connectivity index (χ3v) is 12.1. The minimum Gasteiger partial charge on any atom is -0.455 e. The number of anilines is 6. The predicted molar refractivity (Wildman–Crippen MR) is 244 cm³/mol. The van der Waals surface area contributed by atoms with Gasteiger partial charge in [-0.3, -0.25) is 0 Å². The first kappa shape index (κ1) is 32.7. The van der Waals surface area contributed by atoms with Gasteiger partial charge in [0.15, 0.2) is 0 Å². The number of hydrogen-bond donors (Lipinski definition) is 0. The van der Waals surface area contributed by atoms with Crippen LogP contribution >= 0.6 is 0 Å². The van der Waals surface area contributed by atoms with E-state index in [2.05, 4.69) is 222 Å². The van der Waals surface area contributed by atoms with E-state index in [4.69, 9.17) is 4.42 Å². The second kappa shape index (κ2) is 13.0. The Morgan fingerprint density at radius 2 is 0.845 bits per heavy atom. The number of para-hydroxylation sites is 5. The fourth-order valence-corrected chi connectivity index (χ4v) is 9.67. The van der Waals surface area contributed by atoms with Gasteiger partial charge in [0.05, 0.1) is 5.69 Å². The highest BCUT2D eigenvalue weighted by Crippen LogP contribution is 2.49. The molecule has 0 saturated heterocycles. The number of hydrogen-bond acceptors (Lipinski definition) is 3. The second-order valence-corrected chi connectivity index (χ2v) is 15.2. The molecule has 0 saturated carbocycles. The topological polar surface area (TPSA) is 19.6 Å². The van der Waals surface area contributed by atoms with Crippen molar-refractivity contribution in [2.45, 2.75) is 0 Å². The van der Waals surface area contributed by atoms with E-state index in [0.717, 1.165) is 66.7 Å². The molecule has 2 aliphatic heterocycles. The molecule has 9 aromatic carbocycles. The van der Waals surface area contributed by atoms with E-state index in [9.17, 15) is 0 Å². The van der Waals surface area contributed by atoms with Crippen LogP contribution in [0.4, 0.5) is 34.1 Å². The standard InChI is InChI=1S/C54H35BN2O/c1-4-18-36(19-5-1)39-25-16-26-42-43-35-34-41(51(54(43)58-53(39)42)37-20-6-2-7-21-37)40-24-10-13-29-46(40)57-48-31-15-12-28-45(48)55-44-27-11-14-30-47(44)56(38-22-8-3-9-23-38)49-32-17-33-50(57)52(49)55/h1-35H. The molecule has 0 amide bonds. The first-order chi connectivity index (χ1) is 28.8. The summed E-state index contributed by atoms with van der Waals surface area (Å²) in [5, 5.41) is 2.22. The van der Waals surface area contributed by atoms with Crippen molar-refractivity contribution in [2.75, 3.05) is 9.80 Å². The summed E-state index contributed by atoms with van der Waals surface area (Å²) in [7, 11) is 0. The summed E-state index contributed by atoms with van der Waals surface area (Å²) in [5.74, 6) is 0. The van der Waals surface area contributed by atoms with Crippen LogP contribution in [0.15, 0.2) is 217 Å². The Balaban J connectivity index is 1.12. The Kier molecular flexibility index (Phi) is 7.33. The third kappa shape index (κ3) is 4.82. The van der Waals surface area contributed by atoms with Crippen LogP contribution < -0.4 is 26.2 Å². The van der Waals surface area contributed by atoms with Gasteiger partial charge in [0.1, 0.15) is 11.2 Å². The average Bonchev–Trinajstić information content (AvgIpc) is 3.68. The Bertz CT molecular complexity index is 3190. The molecule has 3 nitrogen and oxygen atoms in total. The molecular weight excluding hydrogens is 703 g/mol. The molecule has 0 atom stereocenters. The molecule has 0 N–H and O–H groups in total.